The fraction of sp³-hybridized carbons (Fsp3) is 0.300. The topological polar surface area (TPSA) is 69.6 Å². The molecule has 0 bridgehead atoms. The van der Waals surface area contributed by atoms with Crippen molar-refractivity contribution in [1.82, 2.24) is 20.0 Å². The number of nitrogens with two attached hydrogens (primary N) is 1. The van der Waals surface area contributed by atoms with Crippen LogP contribution in [-0.4, -0.2) is 20.0 Å². The van der Waals surface area contributed by atoms with E-state index in [0.29, 0.717) is 12.4 Å². The minimum atomic E-state index is 0.451. The molecule has 0 spiro atoms. The van der Waals surface area contributed by atoms with Crippen LogP contribution in [0.25, 0.3) is 0 Å². The number of nitrogen functional groups attached to an aromatic ring is 1. The van der Waals surface area contributed by atoms with E-state index >= 15 is 0 Å². The van der Waals surface area contributed by atoms with Crippen molar-refractivity contribution in [2.45, 2.75) is 19.9 Å². The Bertz CT molecular complexity index is 449. The number of aromatic nitrogens is 4. The van der Waals surface area contributed by atoms with Gasteiger partial charge in [0.15, 0.2) is 5.82 Å². The lowest BCUT2D eigenvalue weighted by Gasteiger charge is -2.00. The molecule has 5 nitrogen and oxygen atoms in total. The molecule has 2 heterocycles. The van der Waals surface area contributed by atoms with E-state index in [1.807, 2.05) is 25.1 Å². The van der Waals surface area contributed by atoms with E-state index in [4.69, 9.17) is 5.73 Å². The maximum atomic E-state index is 5.46. The lowest BCUT2D eigenvalue weighted by atomic mass is 10.2. The quantitative estimate of drug-likeness (QED) is 0.801. The summed E-state index contributed by atoms with van der Waals surface area (Å²) in [6.45, 7) is 2.68. The van der Waals surface area contributed by atoms with Crippen LogP contribution in [0.5, 0.6) is 0 Å². The summed E-state index contributed by atoms with van der Waals surface area (Å²) in [5.41, 5.74) is 7.54. The molecule has 0 fully saturated rings. The Morgan fingerprint density at radius 1 is 1.40 bits per heavy atom. The van der Waals surface area contributed by atoms with Crippen molar-refractivity contribution < 1.29 is 0 Å². The van der Waals surface area contributed by atoms with E-state index in [0.717, 1.165) is 17.8 Å². The zero-order valence-electron chi connectivity index (χ0n) is 8.59. The number of aryl methyl sites for hydroxylation is 3. The molecule has 0 aliphatic heterocycles. The summed E-state index contributed by atoms with van der Waals surface area (Å²) in [6.07, 6.45) is 2.36. The first-order valence-corrected chi connectivity index (χ1v) is 4.82. The maximum absolute atomic E-state index is 5.46. The van der Waals surface area contributed by atoms with Crippen LogP contribution in [0.15, 0.2) is 24.4 Å². The van der Waals surface area contributed by atoms with Crippen LogP contribution in [0.1, 0.15) is 11.4 Å². The molecule has 0 atom stereocenters. The molecule has 2 aromatic rings. The van der Waals surface area contributed by atoms with Gasteiger partial charge in [-0.25, -0.2) is 0 Å². The highest BCUT2D eigenvalue weighted by molar-refractivity contribution is 5.19. The number of nitrogens with zero attached hydrogens (tertiary/aromatic N) is 4. The second-order valence-electron chi connectivity index (χ2n) is 3.39. The van der Waals surface area contributed by atoms with Crippen LogP contribution in [0.4, 0.5) is 5.82 Å². The SMILES string of the molecule is Cc1cccc(CCn2ncc(N)n2)n1. The highest BCUT2D eigenvalue weighted by atomic mass is 15.5. The highest BCUT2D eigenvalue weighted by Gasteiger charge is 1.98. The molecule has 0 radical (unpaired) electrons. The Kier molecular flexibility index (Phi) is 2.62. The number of hydrogen-bond acceptors (Lipinski definition) is 4. The molecule has 0 aromatic carbocycles. The average molecular weight is 203 g/mol. The van der Waals surface area contributed by atoms with Gasteiger partial charge in [-0.15, -0.1) is 5.10 Å². The van der Waals surface area contributed by atoms with Crippen molar-refractivity contribution >= 4 is 5.82 Å². The van der Waals surface area contributed by atoms with Crippen molar-refractivity contribution in [3.63, 3.8) is 0 Å². The van der Waals surface area contributed by atoms with Gasteiger partial charge in [-0.1, -0.05) is 6.07 Å². The molecule has 78 valence electrons. The third-order valence-electron chi connectivity index (χ3n) is 2.07. The number of hydrogen-bond donors (Lipinski definition) is 1. The Hall–Kier alpha value is -1.91. The number of pyridine rings is 1. The van der Waals surface area contributed by atoms with Gasteiger partial charge in [0.25, 0.3) is 0 Å². The normalized spacial score (nSPS) is 10.5. The molecule has 2 N–H and O–H groups in total. The maximum Gasteiger partial charge on any atom is 0.165 e. The summed E-state index contributed by atoms with van der Waals surface area (Å²) in [5.74, 6) is 0.451. The van der Waals surface area contributed by atoms with E-state index in [-0.39, 0.29) is 0 Å². The third-order valence-corrected chi connectivity index (χ3v) is 2.07. The van der Waals surface area contributed by atoms with Gasteiger partial charge in [0.1, 0.15) is 0 Å². The number of rotatable bonds is 3. The van der Waals surface area contributed by atoms with Crippen LogP contribution < -0.4 is 5.73 Å². The molecule has 0 saturated heterocycles. The summed E-state index contributed by atoms with van der Waals surface area (Å²) in [6, 6.07) is 5.98. The minimum Gasteiger partial charge on any atom is -0.381 e. The number of anilines is 1. The first kappa shape index (κ1) is 9.64. The van der Waals surface area contributed by atoms with Crippen LogP contribution in [-0.2, 0) is 13.0 Å². The predicted octanol–water partition coefficient (Wildman–Crippen LogP) is 0.806. The Morgan fingerprint density at radius 2 is 2.27 bits per heavy atom. The van der Waals surface area contributed by atoms with Crippen LogP contribution >= 0.6 is 0 Å². The van der Waals surface area contributed by atoms with Gasteiger partial charge >= 0.3 is 0 Å². The monoisotopic (exact) mass is 203 g/mol. The van der Waals surface area contributed by atoms with Gasteiger partial charge in [-0.3, -0.25) is 4.98 Å². The molecular formula is C10H13N5. The largest absolute Gasteiger partial charge is 0.381 e. The minimum absolute atomic E-state index is 0.451. The van der Waals surface area contributed by atoms with Gasteiger partial charge in [0.2, 0.25) is 0 Å². The fourth-order valence-corrected chi connectivity index (χ4v) is 1.37. The highest BCUT2D eigenvalue weighted by Crippen LogP contribution is 2.00. The molecule has 0 aliphatic carbocycles. The van der Waals surface area contributed by atoms with Gasteiger partial charge in [0.05, 0.1) is 12.7 Å². The first-order chi connectivity index (χ1) is 7.24. The molecular weight excluding hydrogens is 190 g/mol. The van der Waals surface area contributed by atoms with Crippen molar-refractivity contribution in [3.8, 4) is 0 Å². The van der Waals surface area contributed by atoms with Crippen LogP contribution in [0.3, 0.4) is 0 Å². The second kappa shape index (κ2) is 4.08. The summed E-state index contributed by atoms with van der Waals surface area (Å²) in [5, 5.41) is 8.01. The standard InChI is InChI=1S/C10H13N5/c1-8-3-2-4-9(13-8)5-6-15-12-7-10(11)14-15/h2-4,7H,5-6H2,1H3,(H2,11,14). The van der Waals surface area contributed by atoms with E-state index in [2.05, 4.69) is 15.2 Å². The van der Waals surface area contributed by atoms with Crippen molar-refractivity contribution in [2.24, 2.45) is 0 Å². The summed E-state index contributed by atoms with van der Waals surface area (Å²) in [7, 11) is 0. The van der Waals surface area contributed by atoms with Crippen molar-refractivity contribution in [3.05, 3.63) is 35.8 Å². The smallest absolute Gasteiger partial charge is 0.165 e. The average Bonchev–Trinajstić information content (AvgIpc) is 2.62. The van der Waals surface area contributed by atoms with E-state index in [1.165, 1.54) is 0 Å². The summed E-state index contributed by atoms with van der Waals surface area (Å²) < 4.78 is 0. The van der Waals surface area contributed by atoms with Gasteiger partial charge in [0, 0.05) is 17.8 Å². The fourth-order valence-electron chi connectivity index (χ4n) is 1.37. The molecule has 2 rings (SSSR count). The van der Waals surface area contributed by atoms with Gasteiger partial charge in [-0.2, -0.15) is 9.90 Å². The zero-order valence-corrected chi connectivity index (χ0v) is 8.59. The predicted molar refractivity (Wildman–Crippen MR) is 57.1 cm³/mol. The van der Waals surface area contributed by atoms with Gasteiger partial charge < -0.3 is 5.73 Å². The van der Waals surface area contributed by atoms with Gasteiger partial charge in [-0.05, 0) is 19.1 Å². The summed E-state index contributed by atoms with van der Waals surface area (Å²) in [4.78, 5) is 5.98. The first-order valence-electron chi connectivity index (χ1n) is 4.82. The molecule has 2 aromatic heterocycles. The lowest BCUT2D eigenvalue weighted by Crippen LogP contribution is -2.06. The van der Waals surface area contributed by atoms with Crippen LogP contribution in [0.2, 0.25) is 0 Å². The van der Waals surface area contributed by atoms with E-state index in [1.54, 1.807) is 11.0 Å². The third kappa shape index (κ3) is 2.52. The molecule has 0 aliphatic rings. The van der Waals surface area contributed by atoms with E-state index < -0.39 is 0 Å². The van der Waals surface area contributed by atoms with Crippen molar-refractivity contribution in [1.29, 1.82) is 0 Å². The molecule has 0 unspecified atom stereocenters. The summed E-state index contributed by atoms with van der Waals surface area (Å²) >= 11 is 0. The lowest BCUT2D eigenvalue weighted by molar-refractivity contribution is 0.534. The van der Waals surface area contributed by atoms with Crippen molar-refractivity contribution in [2.75, 3.05) is 5.73 Å². The molecule has 0 amide bonds. The van der Waals surface area contributed by atoms with Crippen LogP contribution in [0, 0.1) is 6.92 Å². The Balaban J connectivity index is 1.99. The molecule has 0 saturated carbocycles. The molecule has 5 heteroatoms. The zero-order chi connectivity index (χ0) is 10.7. The Labute approximate surface area is 87.9 Å². The second-order valence-corrected chi connectivity index (χ2v) is 3.39. The molecule has 15 heavy (non-hydrogen) atoms. The Morgan fingerprint density at radius 3 is 2.93 bits per heavy atom. The van der Waals surface area contributed by atoms with E-state index in [9.17, 15) is 0 Å².